The Balaban J connectivity index is 1.28. The first-order chi connectivity index (χ1) is 16.5. The van der Waals surface area contributed by atoms with Crippen molar-refractivity contribution >= 4 is 66.0 Å². The fourth-order valence-corrected chi connectivity index (χ4v) is 6.70. The van der Waals surface area contributed by atoms with E-state index in [9.17, 15) is 9.59 Å². The first-order valence-electron chi connectivity index (χ1n) is 10.6. The standard InChI is InChI=1S/C24H21N3O4P2S/c1-14(2)20-12-22(26-31-20)33-24(29)32-17-6-3-15(4-7-17)18-13-27-19-8-5-16(30-10-9-28)11-21(19)34-23(27)25-18/h3-9,11-14,32-33H,10H2,1-2H3. The molecule has 0 N–H and O–H groups in total. The number of nitrogens with zero attached hydrogens (tertiary/aromatic N) is 3. The molecule has 2 aromatic carbocycles. The molecule has 2 atom stereocenters. The van der Waals surface area contributed by atoms with Crippen LogP contribution >= 0.6 is 28.5 Å². The molecule has 0 aliphatic heterocycles. The zero-order chi connectivity index (χ0) is 23.7. The monoisotopic (exact) mass is 509 g/mol. The van der Waals surface area contributed by atoms with Crippen LogP contribution in [-0.2, 0) is 4.79 Å². The molecule has 7 nitrogen and oxygen atoms in total. The normalized spacial score (nSPS) is 12.2. The summed E-state index contributed by atoms with van der Waals surface area (Å²) < 4.78 is 13.8. The summed E-state index contributed by atoms with van der Waals surface area (Å²) in [6.45, 7) is 4.11. The lowest BCUT2D eigenvalue weighted by Crippen LogP contribution is -2.00. The van der Waals surface area contributed by atoms with Crippen molar-refractivity contribution in [1.82, 2.24) is 14.5 Å². The molecule has 5 rings (SSSR count). The van der Waals surface area contributed by atoms with Gasteiger partial charge in [0.05, 0.1) is 15.9 Å². The molecule has 34 heavy (non-hydrogen) atoms. The van der Waals surface area contributed by atoms with Gasteiger partial charge in [0.1, 0.15) is 23.6 Å². The number of benzene rings is 2. The predicted molar refractivity (Wildman–Crippen MR) is 139 cm³/mol. The van der Waals surface area contributed by atoms with Crippen LogP contribution in [0.5, 0.6) is 5.75 Å². The van der Waals surface area contributed by atoms with Crippen LogP contribution in [0.1, 0.15) is 25.5 Å². The molecule has 3 heterocycles. The second kappa shape index (κ2) is 9.75. The van der Waals surface area contributed by atoms with E-state index in [-0.39, 0.29) is 35.0 Å². The van der Waals surface area contributed by atoms with Crippen molar-refractivity contribution in [2.75, 3.05) is 6.61 Å². The summed E-state index contributed by atoms with van der Waals surface area (Å²) in [5.41, 5.74) is 3.62. The highest BCUT2D eigenvalue weighted by Crippen LogP contribution is 2.32. The largest absolute Gasteiger partial charge is 0.486 e. The first kappa shape index (κ1) is 22.9. The Kier molecular flexibility index (Phi) is 6.55. The SMILES string of the molecule is CC(C)c1cc(PC(=O)Pc2ccc(-c3cn4c(n3)sc3cc(OCC=O)ccc34)cc2)no1. The molecule has 0 bridgehead atoms. The molecule has 2 unspecified atom stereocenters. The van der Waals surface area contributed by atoms with Crippen molar-refractivity contribution in [3.63, 3.8) is 0 Å². The molecule has 0 saturated heterocycles. The van der Waals surface area contributed by atoms with E-state index in [1.54, 1.807) is 11.3 Å². The molecule has 0 spiro atoms. The molecule has 0 aliphatic carbocycles. The second-order valence-electron chi connectivity index (χ2n) is 7.91. The zero-order valence-electron chi connectivity index (χ0n) is 18.4. The molecule has 5 aromatic rings. The number of aldehydes is 1. The maximum atomic E-state index is 12.5. The smallest absolute Gasteiger partial charge is 0.195 e. The molecule has 0 radical (unpaired) electrons. The number of thiazole rings is 1. The Morgan fingerprint density at radius 3 is 2.74 bits per heavy atom. The van der Waals surface area contributed by atoms with Gasteiger partial charge < -0.3 is 9.26 Å². The van der Waals surface area contributed by atoms with Crippen molar-refractivity contribution < 1.29 is 18.8 Å². The number of aromatic nitrogens is 3. The number of hydrogen-bond donors (Lipinski definition) is 0. The Morgan fingerprint density at radius 2 is 2.00 bits per heavy atom. The minimum atomic E-state index is 0.00202. The fraction of sp³-hybridized carbons (Fsp3) is 0.167. The van der Waals surface area contributed by atoms with E-state index in [0.717, 1.165) is 43.8 Å². The van der Waals surface area contributed by atoms with Crippen LogP contribution in [0.15, 0.2) is 59.3 Å². The Bertz CT molecular complexity index is 1490. The lowest BCUT2D eigenvalue weighted by Gasteiger charge is -2.02. The molecular weight excluding hydrogens is 488 g/mol. The fourth-order valence-electron chi connectivity index (χ4n) is 3.46. The summed E-state index contributed by atoms with van der Waals surface area (Å²) >= 11 is 1.57. The lowest BCUT2D eigenvalue weighted by molar-refractivity contribution is -0.109. The number of carbonyl (C=O) groups excluding carboxylic acids is 2. The van der Waals surface area contributed by atoms with Gasteiger partial charge in [-0.15, -0.1) is 0 Å². The Labute approximate surface area is 203 Å². The molecule has 0 fully saturated rings. The molecular formula is C24H21N3O4P2S. The van der Waals surface area contributed by atoms with Crippen molar-refractivity contribution in [2.45, 2.75) is 19.8 Å². The van der Waals surface area contributed by atoms with Crippen molar-refractivity contribution in [2.24, 2.45) is 0 Å². The summed E-state index contributed by atoms with van der Waals surface area (Å²) in [6, 6.07) is 15.6. The van der Waals surface area contributed by atoms with Crippen molar-refractivity contribution in [3.8, 4) is 17.0 Å². The van der Waals surface area contributed by atoms with Gasteiger partial charge in [-0.1, -0.05) is 54.6 Å². The van der Waals surface area contributed by atoms with Gasteiger partial charge in [0.15, 0.2) is 16.5 Å². The van der Waals surface area contributed by atoms with E-state index in [2.05, 4.69) is 9.56 Å². The third kappa shape index (κ3) is 4.80. The predicted octanol–water partition coefficient (Wildman–Crippen LogP) is 5.33. The van der Waals surface area contributed by atoms with Crippen molar-refractivity contribution in [3.05, 3.63) is 60.5 Å². The maximum absolute atomic E-state index is 12.5. The lowest BCUT2D eigenvalue weighted by atomic mass is 10.2. The summed E-state index contributed by atoms with van der Waals surface area (Å²) in [6.07, 6.45) is 2.75. The van der Waals surface area contributed by atoms with Crippen LogP contribution in [0.3, 0.4) is 0 Å². The van der Waals surface area contributed by atoms with Crippen LogP contribution in [0.25, 0.3) is 26.4 Å². The molecule has 10 heteroatoms. The highest BCUT2D eigenvalue weighted by molar-refractivity contribution is 7.91. The molecule has 0 aliphatic rings. The Morgan fingerprint density at radius 1 is 1.18 bits per heavy atom. The van der Waals surface area contributed by atoms with Crippen LogP contribution in [0.2, 0.25) is 0 Å². The zero-order valence-corrected chi connectivity index (χ0v) is 21.3. The van der Waals surface area contributed by atoms with Gasteiger partial charge in [-0.3, -0.25) is 14.0 Å². The molecule has 3 aromatic heterocycles. The number of imidazole rings is 1. The van der Waals surface area contributed by atoms with Gasteiger partial charge >= 0.3 is 0 Å². The third-order valence-corrected chi connectivity index (χ3v) is 8.50. The second-order valence-corrected chi connectivity index (χ2v) is 11.9. The first-order valence-corrected chi connectivity index (χ1v) is 13.4. The number of hydrogen-bond acceptors (Lipinski definition) is 7. The average Bonchev–Trinajstić information content (AvgIpc) is 3.52. The third-order valence-electron chi connectivity index (χ3n) is 5.16. The van der Waals surface area contributed by atoms with Crippen LogP contribution in [-0.4, -0.2) is 32.7 Å². The molecule has 0 saturated carbocycles. The Hall–Kier alpha value is -2.92. The van der Waals surface area contributed by atoms with E-state index in [1.807, 2.05) is 68.6 Å². The quantitative estimate of drug-likeness (QED) is 0.197. The topological polar surface area (TPSA) is 86.7 Å². The van der Waals surface area contributed by atoms with Crippen LogP contribution < -0.4 is 15.5 Å². The average molecular weight is 509 g/mol. The van der Waals surface area contributed by atoms with E-state index in [0.29, 0.717) is 11.2 Å². The van der Waals surface area contributed by atoms with E-state index in [1.165, 1.54) is 0 Å². The van der Waals surface area contributed by atoms with E-state index >= 15 is 0 Å². The molecule has 172 valence electrons. The van der Waals surface area contributed by atoms with Gasteiger partial charge in [0.2, 0.25) is 0 Å². The van der Waals surface area contributed by atoms with Crippen LogP contribution in [0, 0.1) is 0 Å². The highest BCUT2D eigenvalue weighted by atomic mass is 32.1. The summed E-state index contributed by atoms with van der Waals surface area (Å²) in [5, 5.41) is 5.16. The van der Waals surface area contributed by atoms with Gasteiger partial charge in [-0.05, 0) is 32.1 Å². The summed E-state index contributed by atoms with van der Waals surface area (Å²) in [7, 11) is 0.0802. The summed E-state index contributed by atoms with van der Waals surface area (Å²) in [5.74, 6) is 1.73. The van der Waals surface area contributed by atoms with Gasteiger partial charge in [-0.2, -0.15) is 0 Å². The van der Waals surface area contributed by atoms with E-state index in [4.69, 9.17) is 14.2 Å². The van der Waals surface area contributed by atoms with E-state index < -0.39 is 0 Å². The number of rotatable bonds is 9. The summed E-state index contributed by atoms with van der Waals surface area (Å²) in [4.78, 5) is 28.7. The van der Waals surface area contributed by atoms with Crippen molar-refractivity contribution in [1.29, 1.82) is 0 Å². The highest BCUT2D eigenvalue weighted by Gasteiger charge is 2.14. The number of ether oxygens (including phenoxy) is 1. The minimum absolute atomic E-state index is 0.00202. The number of carbonyl (C=O) groups is 2. The van der Waals surface area contributed by atoms with Crippen LogP contribution in [0.4, 0.5) is 4.79 Å². The number of fused-ring (bicyclic) bond motifs is 3. The molecule has 0 amide bonds. The van der Waals surface area contributed by atoms with Gasteiger partial charge in [0, 0.05) is 32.3 Å². The minimum Gasteiger partial charge on any atom is -0.486 e. The maximum Gasteiger partial charge on any atom is 0.195 e. The van der Waals surface area contributed by atoms with Gasteiger partial charge in [-0.25, -0.2) is 4.98 Å². The van der Waals surface area contributed by atoms with Gasteiger partial charge in [0.25, 0.3) is 0 Å².